The van der Waals surface area contributed by atoms with Gasteiger partial charge in [0.2, 0.25) is 0 Å². The fraction of sp³-hybridized carbons (Fsp3) is 0.500. The van der Waals surface area contributed by atoms with E-state index in [0.29, 0.717) is 0 Å². The molecule has 0 aliphatic heterocycles. The fourth-order valence-electron chi connectivity index (χ4n) is 2.29. The lowest BCUT2D eigenvalue weighted by atomic mass is 9.81. The molecule has 108 valence electrons. The minimum atomic E-state index is -0.779. The van der Waals surface area contributed by atoms with Gasteiger partial charge >= 0.3 is 5.97 Å². The SMILES string of the molecule is CC(C)(C)c1nc2c(C(C)(C)CC(=O)O)cccc2s1. The number of benzene rings is 1. The number of nitrogens with zero attached hydrogens (tertiary/aromatic N) is 1. The molecule has 0 saturated carbocycles. The van der Waals surface area contributed by atoms with Crippen LogP contribution in [0.1, 0.15) is 51.6 Å². The fourth-order valence-corrected chi connectivity index (χ4v) is 3.34. The predicted molar refractivity (Wildman–Crippen MR) is 83.6 cm³/mol. The van der Waals surface area contributed by atoms with Crippen LogP contribution in [0.4, 0.5) is 0 Å². The highest BCUT2D eigenvalue weighted by molar-refractivity contribution is 7.18. The molecule has 0 spiro atoms. The molecule has 0 amide bonds. The Morgan fingerprint density at radius 3 is 2.45 bits per heavy atom. The second-order valence-corrected chi connectivity index (χ2v) is 7.91. The molecule has 0 bridgehead atoms. The van der Waals surface area contributed by atoms with Crippen molar-refractivity contribution in [2.45, 2.75) is 51.9 Å². The quantitative estimate of drug-likeness (QED) is 0.914. The number of carbonyl (C=O) groups is 1. The average molecular weight is 291 g/mol. The standard InChI is InChI=1S/C16H21NO2S/c1-15(2,3)14-17-13-10(7-6-8-11(13)20-14)16(4,5)9-12(18)19/h6-8H,9H2,1-5H3,(H,18,19). The van der Waals surface area contributed by atoms with Crippen LogP contribution in [-0.2, 0) is 15.6 Å². The molecular weight excluding hydrogens is 270 g/mol. The first-order valence-electron chi connectivity index (χ1n) is 6.73. The van der Waals surface area contributed by atoms with Crippen LogP contribution in [0.15, 0.2) is 18.2 Å². The molecule has 3 nitrogen and oxygen atoms in total. The number of hydrogen-bond acceptors (Lipinski definition) is 3. The third kappa shape index (κ3) is 2.85. The third-order valence-corrected chi connectivity index (χ3v) is 4.83. The summed E-state index contributed by atoms with van der Waals surface area (Å²) in [6.07, 6.45) is 0.106. The van der Waals surface area contributed by atoms with E-state index >= 15 is 0 Å². The molecule has 1 aromatic heterocycles. The van der Waals surface area contributed by atoms with Crippen LogP contribution in [0.2, 0.25) is 0 Å². The van der Waals surface area contributed by atoms with E-state index in [4.69, 9.17) is 10.1 Å². The highest BCUT2D eigenvalue weighted by Gasteiger charge is 2.28. The van der Waals surface area contributed by atoms with Crippen LogP contribution in [-0.4, -0.2) is 16.1 Å². The normalized spacial score (nSPS) is 12.8. The zero-order valence-corrected chi connectivity index (χ0v) is 13.5. The van der Waals surface area contributed by atoms with E-state index in [-0.39, 0.29) is 11.8 Å². The van der Waals surface area contributed by atoms with E-state index in [1.54, 1.807) is 11.3 Å². The average Bonchev–Trinajstić information content (AvgIpc) is 2.69. The van der Waals surface area contributed by atoms with Crippen molar-refractivity contribution in [1.82, 2.24) is 4.98 Å². The lowest BCUT2D eigenvalue weighted by Crippen LogP contribution is -2.22. The molecule has 0 unspecified atom stereocenters. The van der Waals surface area contributed by atoms with Crippen molar-refractivity contribution in [2.75, 3.05) is 0 Å². The molecule has 0 aliphatic rings. The van der Waals surface area contributed by atoms with Gasteiger partial charge in [-0.05, 0) is 11.6 Å². The Balaban J connectivity index is 2.60. The number of para-hydroxylation sites is 1. The van der Waals surface area contributed by atoms with Gasteiger partial charge in [-0.25, -0.2) is 4.98 Å². The van der Waals surface area contributed by atoms with Gasteiger partial charge in [-0.2, -0.15) is 0 Å². The van der Waals surface area contributed by atoms with Crippen molar-refractivity contribution < 1.29 is 9.90 Å². The number of thiazole rings is 1. The van der Waals surface area contributed by atoms with Crippen LogP contribution in [0.5, 0.6) is 0 Å². The highest BCUT2D eigenvalue weighted by Crippen LogP contribution is 2.37. The topological polar surface area (TPSA) is 50.2 Å². The van der Waals surface area contributed by atoms with Gasteiger partial charge in [-0.1, -0.05) is 46.8 Å². The molecule has 0 fully saturated rings. The molecule has 0 radical (unpaired) electrons. The van der Waals surface area contributed by atoms with E-state index in [0.717, 1.165) is 20.8 Å². The first-order chi connectivity index (χ1) is 9.11. The Morgan fingerprint density at radius 2 is 1.90 bits per heavy atom. The molecule has 2 rings (SSSR count). The number of aromatic nitrogens is 1. The Labute approximate surface area is 123 Å². The number of hydrogen-bond donors (Lipinski definition) is 1. The van der Waals surface area contributed by atoms with E-state index in [2.05, 4.69) is 26.8 Å². The lowest BCUT2D eigenvalue weighted by molar-refractivity contribution is -0.138. The Morgan fingerprint density at radius 1 is 1.25 bits per heavy atom. The second kappa shape index (κ2) is 4.85. The summed E-state index contributed by atoms with van der Waals surface area (Å²) in [6, 6.07) is 6.05. The Bertz CT molecular complexity index is 650. The van der Waals surface area contributed by atoms with Crippen molar-refractivity contribution in [3.63, 3.8) is 0 Å². The summed E-state index contributed by atoms with van der Waals surface area (Å²) in [7, 11) is 0. The van der Waals surface area contributed by atoms with Crippen molar-refractivity contribution in [1.29, 1.82) is 0 Å². The number of aliphatic carboxylic acids is 1. The maximum absolute atomic E-state index is 11.1. The summed E-state index contributed by atoms with van der Waals surface area (Å²) in [5.41, 5.74) is 1.56. The molecule has 1 heterocycles. The van der Waals surface area contributed by atoms with E-state index in [1.807, 2.05) is 26.0 Å². The summed E-state index contributed by atoms with van der Waals surface area (Å²) in [4.78, 5) is 15.9. The number of carboxylic acids is 1. The summed E-state index contributed by atoms with van der Waals surface area (Å²) in [6.45, 7) is 10.4. The van der Waals surface area contributed by atoms with Gasteiger partial charge in [0, 0.05) is 10.8 Å². The van der Waals surface area contributed by atoms with Gasteiger partial charge in [-0.3, -0.25) is 4.79 Å². The van der Waals surface area contributed by atoms with Crippen molar-refractivity contribution >= 4 is 27.5 Å². The van der Waals surface area contributed by atoms with Crippen LogP contribution < -0.4 is 0 Å². The van der Waals surface area contributed by atoms with Gasteiger partial charge in [0.15, 0.2) is 0 Å². The molecule has 1 N–H and O–H groups in total. The summed E-state index contributed by atoms with van der Waals surface area (Å²) in [5.74, 6) is -0.779. The van der Waals surface area contributed by atoms with E-state index in [9.17, 15) is 4.79 Å². The summed E-state index contributed by atoms with van der Waals surface area (Å²) in [5, 5.41) is 10.2. The van der Waals surface area contributed by atoms with Crippen molar-refractivity contribution in [3.8, 4) is 0 Å². The smallest absolute Gasteiger partial charge is 0.304 e. The number of fused-ring (bicyclic) bond motifs is 1. The first kappa shape index (κ1) is 15.0. The first-order valence-corrected chi connectivity index (χ1v) is 7.55. The molecule has 0 saturated heterocycles. The lowest BCUT2D eigenvalue weighted by Gasteiger charge is -2.23. The maximum atomic E-state index is 11.1. The minimum absolute atomic E-state index is 0.0118. The van der Waals surface area contributed by atoms with Crippen LogP contribution in [0, 0.1) is 0 Å². The van der Waals surface area contributed by atoms with E-state index in [1.165, 1.54) is 0 Å². The molecule has 2 aromatic rings. The largest absolute Gasteiger partial charge is 0.481 e. The van der Waals surface area contributed by atoms with Gasteiger partial charge in [0.25, 0.3) is 0 Å². The molecule has 0 aliphatic carbocycles. The molecule has 0 atom stereocenters. The molecular formula is C16H21NO2S. The van der Waals surface area contributed by atoms with Gasteiger partial charge in [0.05, 0.1) is 21.6 Å². The zero-order valence-electron chi connectivity index (χ0n) is 12.7. The highest BCUT2D eigenvalue weighted by atomic mass is 32.1. The van der Waals surface area contributed by atoms with Crippen LogP contribution in [0.25, 0.3) is 10.2 Å². The molecule has 20 heavy (non-hydrogen) atoms. The summed E-state index contributed by atoms with van der Waals surface area (Å²) < 4.78 is 1.13. The van der Waals surface area contributed by atoms with E-state index < -0.39 is 11.4 Å². The summed E-state index contributed by atoms with van der Waals surface area (Å²) >= 11 is 1.69. The predicted octanol–water partition coefficient (Wildman–Crippen LogP) is 4.35. The van der Waals surface area contributed by atoms with Crippen molar-refractivity contribution in [2.24, 2.45) is 0 Å². The number of carboxylic acid groups (broad SMARTS) is 1. The zero-order chi connectivity index (χ0) is 15.1. The minimum Gasteiger partial charge on any atom is -0.481 e. The monoisotopic (exact) mass is 291 g/mol. The maximum Gasteiger partial charge on any atom is 0.304 e. The second-order valence-electron chi connectivity index (χ2n) is 6.88. The molecule has 4 heteroatoms. The van der Waals surface area contributed by atoms with Gasteiger partial charge < -0.3 is 5.11 Å². The van der Waals surface area contributed by atoms with Gasteiger partial charge in [0.1, 0.15) is 0 Å². The van der Waals surface area contributed by atoms with Crippen LogP contribution in [0.3, 0.4) is 0 Å². The Hall–Kier alpha value is -1.42. The third-order valence-electron chi connectivity index (χ3n) is 3.38. The Kier molecular flexibility index (Phi) is 3.63. The number of rotatable bonds is 3. The molecule has 1 aromatic carbocycles. The van der Waals surface area contributed by atoms with Crippen molar-refractivity contribution in [3.05, 3.63) is 28.8 Å². The van der Waals surface area contributed by atoms with Gasteiger partial charge in [-0.15, -0.1) is 11.3 Å². The van der Waals surface area contributed by atoms with Crippen LogP contribution >= 0.6 is 11.3 Å².